The molecular formula is C10H17N2+. The van der Waals surface area contributed by atoms with Crippen molar-refractivity contribution in [3.05, 3.63) is 30.1 Å². The van der Waals surface area contributed by atoms with Crippen LogP contribution in [0.5, 0.6) is 0 Å². The van der Waals surface area contributed by atoms with Gasteiger partial charge in [-0.2, -0.15) is 0 Å². The van der Waals surface area contributed by atoms with Gasteiger partial charge in [0.2, 0.25) is 0 Å². The van der Waals surface area contributed by atoms with Gasteiger partial charge in [-0.3, -0.25) is 0 Å². The maximum atomic E-state index is 3.37. The topological polar surface area (TPSA) is 15.9 Å². The van der Waals surface area contributed by atoms with Crippen LogP contribution < -0.4 is 9.88 Å². The van der Waals surface area contributed by atoms with E-state index in [1.807, 2.05) is 11.6 Å². The first kappa shape index (κ1) is 9.20. The van der Waals surface area contributed by atoms with Gasteiger partial charge in [-0.15, -0.1) is 0 Å². The third kappa shape index (κ3) is 3.01. The van der Waals surface area contributed by atoms with Gasteiger partial charge >= 0.3 is 0 Å². The number of aromatic nitrogens is 1. The molecule has 1 aromatic rings. The lowest BCUT2D eigenvalue weighted by Crippen LogP contribution is -2.27. The van der Waals surface area contributed by atoms with Crippen LogP contribution in [0.25, 0.3) is 0 Å². The molecule has 2 nitrogen and oxygen atoms in total. The zero-order valence-corrected chi connectivity index (χ0v) is 8.04. The van der Waals surface area contributed by atoms with E-state index in [1.165, 1.54) is 5.56 Å². The number of rotatable bonds is 3. The molecule has 0 bridgehead atoms. The van der Waals surface area contributed by atoms with E-state index in [2.05, 4.69) is 43.7 Å². The predicted octanol–water partition coefficient (Wildman–Crippen LogP) is 1.01. The molecule has 66 valence electrons. The van der Waals surface area contributed by atoms with E-state index in [0.29, 0.717) is 6.04 Å². The Morgan fingerprint density at radius 1 is 1.33 bits per heavy atom. The molecule has 2 heteroatoms. The predicted molar refractivity (Wildman–Crippen MR) is 49.6 cm³/mol. The molecule has 1 heterocycles. The van der Waals surface area contributed by atoms with E-state index in [-0.39, 0.29) is 0 Å². The summed E-state index contributed by atoms with van der Waals surface area (Å²) in [4.78, 5) is 0. The molecule has 0 atom stereocenters. The molecule has 0 amide bonds. The zero-order chi connectivity index (χ0) is 8.97. The van der Waals surface area contributed by atoms with Gasteiger partial charge in [-0.1, -0.05) is 13.8 Å². The van der Waals surface area contributed by atoms with Crippen molar-refractivity contribution >= 4 is 0 Å². The summed E-state index contributed by atoms with van der Waals surface area (Å²) in [6, 6.07) is 4.82. The first-order valence-electron chi connectivity index (χ1n) is 4.36. The Bertz CT molecular complexity index is 226. The van der Waals surface area contributed by atoms with Crippen LogP contribution in [0.3, 0.4) is 0 Å². The summed E-state index contributed by atoms with van der Waals surface area (Å²) in [6.07, 6.45) is 4.13. The molecule has 0 saturated carbocycles. The second-order valence-corrected chi connectivity index (χ2v) is 3.41. The summed E-state index contributed by atoms with van der Waals surface area (Å²) in [5, 5.41) is 3.37. The third-order valence-electron chi connectivity index (χ3n) is 1.76. The van der Waals surface area contributed by atoms with Crippen LogP contribution in [-0.4, -0.2) is 6.04 Å². The van der Waals surface area contributed by atoms with Crippen LogP contribution in [0.1, 0.15) is 19.4 Å². The van der Waals surface area contributed by atoms with Gasteiger partial charge in [-0.05, 0) is 5.56 Å². The minimum absolute atomic E-state index is 0.555. The van der Waals surface area contributed by atoms with Crippen LogP contribution >= 0.6 is 0 Å². The van der Waals surface area contributed by atoms with Gasteiger partial charge in [-0.25, -0.2) is 4.57 Å². The van der Waals surface area contributed by atoms with Crippen LogP contribution in [0.4, 0.5) is 0 Å². The average molecular weight is 165 g/mol. The molecule has 12 heavy (non-hydrogen) atoms. The van der Waals surface area contributed by atoms with Crippen LogP contribution in [-0.2, 0) is 13.6 Å². The molecular weight excluding hydrogens is 148 g/mol. The Kier molecular flexibility index (Phi) is 3.23. The molecule has 0 aliphatic heterocycles. The highest BCUT2D eigenvalue weighted by Crippen LogP contribution is 1.94. The minimum Gasteiger partial charge on any atom is -0.310 e. The summed E-state index contributed by atoms with van der Waals surface area (Å²) >= 11 is 0. The van der Waals surface area contributed by atoms with Gasteiger partial charge < -0.3 is 5.32 Å². The Balaban J connectivity index is 2.48. The molecule has 0 spiro atoms. The van der Waals surface area contributed by atoms with Gasteiger partial charge in [0, 0.05) is 24.7 Å². The molecule has 0 fully saturated rings. The number of aryl methyl sites for hydroxylation is 1. The van der Waals surface area contributed by atoms with Gasteiger partial charge in [0.1, 0.15) is 7.05 Å². The molecule has 0 saturated heterocycles. The maximum absolute atomic E-state index is 3.37. The molecule has 0 aliphatic rings. The highest BCUT2D eigenvalue weighted by Gasteiger charge is 1.96. The standard InChI is InChI=1S/C10H17N2/c1-9(2)11-8-10-4-6-12(3)7-5-10/h4-7,9,11H,8H2,1-3H3/q+1. The van der Waals surface area contributed by atoms with E-state index in [1.54, 1.807) is 0 Å². The van der Waals surface area contributed by atoms with Crippen molar-refractivity contribution in [2.75, 3.05) is 0 Å². The monoisotopic (exact) mass is 165 g/mol. The molecule has 0 radical (unpaired) electrons. The zero-order valence-electron chi connectivity index (χ0n) is 8.04. The van der Waals surface area contributed by atoms with Crippen LogP contribution in [0, 0.1) is 0 Å². The SMILES string of the molecule is CC(C)NCc1cc[n+](C)cc1. The highest BCUT2D eigenvalue weighted by atomic mass is 14.9. The van der Waals surface area contributed by atoms with Crippen molar-refractivity contribution in [3.8, 4) is 0 Å². The van der Waals surface area contributed by atoms with Crippen molar-refractivity contribution in [2.24, 2.45) is 7.05 Å². The molecule has 1 N–H and O–H groups in total. The molecule has 0 aliphatic carbocycles. The van der Waals surface area contributed by atoms with Crippen molar-refractivity contribution in [1.29, 1.82) is 0 Å². The van der Waals surface area contributed by atoms with Crippen LogP contribution in [0.2, 0.25) is 0 Å². The Morgan fingerprint density at radius 3 is 2.42 bits per heavy atom. The largest absolute Gasteiger partial charge is 0.310 e. The Labute approximate surface area is 74.2 Å². The number of pyridine rings is 1. The summed E-state index contributed by atoms with van der Waals surface area (Å²) in [5.41, 5.74) is 1.34. The van der Waals surface area contributed by atoms with Crippen molar-refractivity contribution < 1.29 is 4.57 Å². The van der Waals surface area contributed by atoms with E-state index in [0.717, 1.165) is 6.54 Å². The second-order valence-electron chi connectivity index (χ2n) is 3.41. The lowest BCUT2D eigenvalue weighted by Gasteiger charge is -2.06. The third-order valence-corrected chi connectivity index (χ3v) is 1.76. The van der Waals surface area contributed by atoms with Crippen molar-refractivity contribution in [2.45, 2.75) is 26.4 Å². The highest BCUT2D eigenvalue weighted by molar-refractivity contribution is 5.06. The first-order valence-corrected chi connectivity index (χ1v) is 4.36. The molecule has 0 unspecified atom stereocenters. The average Bonchev–Trinajstić information content (AvgIpc) is 2.03. The van der Waals surface area contributed by atoms with Gasteiger partial charge in [0.25, 0.3) is 0 Å². The lowest BCUT2D eigenvalue weighted by atomic mass is 10.2. The normalized spacial score (nSPS) is 10.7. The summed E-state index contributed by atoms with van der Waals surface area (Å²) in [5.74, 6) is 0. The number of hydrogen-bond acceptors (Lipinski definition) is 1. The van der Waals surface area contributed by atoms with E-state index < -0.39 is 0 Å². The lowest BCUT2D eigenvalue weighted by molar-refractivity contribution is -0.671. The van der Waals surface area contributed by atoms with E-state index >= 15 is 0 Å². The fraction of sp³-hybridized carbons (Fsp3) is 0.500. The quantitative estimate of drug-likeness (QED) is 0.661. The summed E-state index contributed by atoms with van der Waals surface area (Å²) < 4.78 is 2.04. The fourth-order valence-electron chi connectivity index (χ4n) is 0.972. The minimum atomic E-state index is 0.555. The number of nitrogens with one attached hydrogen (secondary N) is 1. The molecule has 0 aromatic carbocycles. The van der Waals surface area contributed by atoms with E-state index in [4.69, 9.17) is 0 Å². The second kappa shape index (κ2) is 4.21. The Hall–Kier alpha value is -0.890. The van der Waals surface area contributed by atoms with Gasteiger partial charge in [0.05, 0.1) is 0 Å². The number of nitrogens with zero attached hydrogens (tertiary/aromatic N) is 1. The Morgan fingerprint density at radius 2 is 1.92 bits per heavy atom. The molecule has 1 aromatic heterocycles. The molecule has 1 rings (SSSR count). The van der Waals surface area contributed by atoms with Crippen LogP contribution in [0.15, 0.2) is 24.5 Å². The van der Waals surface area contributed by atoms with Crippen molar-refractivity contribution in [1.82, 2.24) is 5.32 Å². The van der Waals surface area contributed by atoms with Gasteiger partial charge in [0.15, 0.2) is 12.4 Å². The number of hydrogen-bond donors (Lipinski definition) is 1. The fourth-order valence-corrected chi connectivity index (χ4v) is 0.972. The first-order chi connectivity index (χ1) is 5.68. The summed E-state index contributed by atoms with van der Waals surface area (Å²) in [6.45, 7) is 5.27. The summed E-state index contributed by atoms with van der Waals surface area (Å²) in [7, 11) is 2.03. The van der Waals surface area contributed by atoms with Crippen molar-refractivity contribution in [3.63, 3.8) is 0 Å². The maximum Gasteiger partial charge on any atom is 0.168 e. The smallest absolute Gasteiger partial charge is 0.168 e. The van der Waals surface area contributed by atoms with E-state index in [9.17, 15) is 0 Å².